The minimum Gasteiger partial charge on any atom is -0.396 e. The zero-order valence-corrected chi connectivity index (χ0v) is 13.1. The lowest BCUT2D eigenvalue weighted by Crippen LogP contribution is -2.36. The van der Waals surface area contributed by atoms with Crippen molar-refractivity contribution in [1.29, 1.82) is 0 Å². The summed E-state index contributed by atoms with van der Waals surface area (Å²) in [6.45, 7) is 11.3. The van der Waals surface area contributed by atoms with Gasteiger partial charge >= 0.3 is 0 Å². The zero-order valence-electron chi connectivity index (χ0n) is 13.1. The smallest absolute Gasteiger partial charge is 0.0779 e. The first kappa shape index (κ1) is 21.1. The molecule has 0 aliphatic carbocycles. The molecule has 0 aromatic heterocycles. The van der Waals surface area contributed by atoms with E-state index in [1.54, 1.807) is 13.8 Å². The van der Waals surface area contributed by atoms with E-state index in [0.717, 1.165) is 0 Å². The molecule has 0 rings (SSSR count). The van der Waals surface area contributed by atoms with Crippen molar-refractivity contribution in [2.75, 3.05) is 19.8 Å². The Balaban J connectivity index is 0. The summed E-state index contributed by atoms with van der Waals surface area (Å²) in [5.74, 6) is 0.210. The molecule has 3 atom stereocenters. The molecule has 4 N–H and O–H groups in total. The number of ether oxygens (including phenoxy) is 1. The summed E-state index contributed by atoms with van der Waals surface area (Å²) in [7, 11) is 0. The van der Waals surface area contributed by atoms with E-state index < -0.39 is 12.2 Å². The van der Waals surface area contributed by atoms with Gasteiger partial charge in [0, 0.05) is 5.41 Å². The predicted octanol–water partition coefficient (Wildman–Crippen LogP) is 0.786. The lowest BCUT2D eigenvalue weighted by Gasteiger charge is -2.30. The number of hydrogen-bond donors (Lipinski definition) is 4. The highest BCUT2D eigenvalue weighted by molar-refractivity contribution is 4.78. The van der Waals surface area contributed by atoms with Gasteiger partial charge in [-0.25, -0.2) is 0 Å². The fourth-order valence-electron chi connectivity index (χ4n) is 1.35. The Labute approximate surface area is 117 Å². The molecule has 0 aliphatic heterocycles. The van der Waals surface area contributed by atoms with Crippen LogP contribution in [0.2, 0.25) is 0 Å². The monoisotopic (exact) mass is 280 g/mol. The Morgan fingerprint density at radius 1 is 1.00 bits per heavy atom. The van der Waals surface area contributed by atoms with Crippen molar-refractivity contribution in [2.45, 2.75) is 59.9 Å². The molecule has 5 nitrogen and oxygen atoms in total. The van der Waals surface area contributed by atoms with Gasteiger partial charge in [0.25, 0.3) is 0 Å². The van der Waals surface area contributed by atoms with Gasteiger partial charge in [-0.2, -0.15) is 0 Å². The highest BCUT2D eigenvalue weighted by Crippen LogP contribution is 2.24. The van der Waals surface area contributed by atoms with Crippen LogP contribution in [0, 0.1) is 11.3 Å². The van der Waals surface area contributed by atoms with Crippen LogP contribution in [0.25, 0.3) is 0 Å². The number of rotatable bonds is 7. The molecule has 0 aromatic rings. The van der Waals surface area contributed by atoms with Crippen molar-refractivity contribution in [3.05, 3.63) is 0 Å². The first-order chi connectivity index (χ1) is 8.58. The number of hydrogen-bond acceptors (Lipinski definition) is 5. The van der Waals surface area contributed by atoms with Crippen molar-refractivity contribution in [3.63, 3.8) is 0 Å². The van der Waals surface area contributed by atoms with Gasteiger partial charge in [-0.1, -0.05) is 27.7 Å². The molecule has 0 amide bonds. The van der Waals surface area contributed by atoms with Crippen molar-refractivity contribution in [1.82, 2.24) is 0 Å². The molecule has 0 spiro atoms. The van der Waals surface area contributed by atoms with E-state index in [9.17, 15) is 5.11 Å². The first-order valence-electron chi connectivity index (χ1n) is 6.77. The maximum Gasteiger partial charge on any atom is 0.0779 e. The van der Waals surface area contributed by atoms with E-state index >= 15 is 0 Å². The van der Waals surface area contributed by atoms with Crippen molar-refractivity contribution >= 4 is 0 Å². The first-order valence-corrected chi connectivity index (χ1v) is 6.77. The second kappa shape index (κ2) is 10.6. The van der Waals surface area contributed by atoms with Crippen molar-refractivity contribution < 1.29 is 25.2 Å². The largest absolute Gasteiger partial charge is 0.396 e. The van der Waals surface area contributed by atoms with E-state index in [2.05, 4.69) is 0 Å². The van der Waals surface area contributed by atoms with Gasteiger partial charge in [0.1, 0.15) is 0 Å². The summed E-state index contributed by atoms with van der Waals surface area (Å²) in [6, 6.07) is 0. The third kappa shape index (κ3) is 11.3. The average Bonchev–Trinajstić information content (AvgIpc) is 2.35. The molecule has 0 heterocycles. The third-order valence-electron chi connectivity index (χ3n) is 2.72. The van der Waals surface area contributed by atoms with Gasteiger partial charge in [-0.15, -0.1) is 0 Å². The van der Waals surface area contributed by atoms with Gasteiger partial charge < -0.3 is 25.2 Å². The highest BCUT2D eigenvalue weighted by Gasteiger charge is 2.28. The van der Waals surface area contributed by atoms with Crippen LogP contribution in [0.1, 0.15) is 41.5 Å². The fraction of sp³-hybridized carbons (Fsp3) is 1.00. The maximum atomic E-state index is 9.49. The molecule has 5 heteroatoms. The van der Waals surface area contributed by atoms with E-state index in [0.29, 0.717) is 6.61 Å². The molecule has 0 saturated heterocycles. The molecule has 0 fully saturated rings. The molecule has 0 aliphatic rings. The summed E-state index contributed by atoms with van der Waals surface area (Å²) in [5.41, 5.74) is -0.367. The molecule has 0 radical (unpaired) electrons. The van der Waals surface area contributed by atoms with Crippen molar-refractivity contribution in [3.8, 4) is 0 Å². The quantitative estimate of drug-likeness (QED) is 0.553. The van der Waals surface area contributed by atoms with Crippen LogP contribution in [0.15, 0.2) is 0 Å². The minimum absolute atomic E-state index is 0.00667. The van der Waals surface area contributed by atoms with Crippen LogP contribution in [-0.4, -0.2) is 58.6 Å². The van der Waals surface area contributed by atoms with Crippen LogP contribution < -0.4 is 0 Å². The van der Waals surface area contributed by atoms with Crippen LogP contribution >= 0.6 is 0 Å². The normalized spacial score (nSPS) is 16.6. The zero-order chi connectivity index (χ0) is 15.6. The Morgan fingerprint density at radius 3 is 1.68 bits per heavy atom. The average molecular weight is 280 g/mol. The molecule has 0 aromatic carbocycles. The fourth-order valence-corrected chi connectivity index (χ4v) is 1.35. The standard InChI is InChI=1S/C8H18O2.C6H14O3/c1-6(2)7(10)8(3,4)5-9;1-5(8)4-9-6(2)3-7/h6-7,9-10H,5H2,1-4H3;5-8H,3-4H2,1-2H3. The van der Waals surface area contributed by atoms with Crippen molar-refractivity contribution in [2.24, 2.45) is 11.3 Å². The second-order valence-corrected chi connectivity index (χ2v) is 6.01. The number of aliphatic hydroxyl groups is 4. The maximum absolute atomic E-state index is 9.49. The van der Waals surface area contributed by atoms with Crippen LogP contribution in [0.5, 0.6) is 0 Å². The lowest BCUT2D eigenvalue weighted by molar-refractivity contribution is -0.0204. The third-order valence-corrected chi connectivity index (χ3v) is 2.72. The van der Waals surface area contributed by atoms with E-state index in [1.807, 2.05) is 27.7 Å². The summed E-state index contributed by atoms with van der Waals surface area (Å²) >= 11 is 0. The minimum atomic E-state index is -0.445. The van der Waals surface area contributed by atoms with E-state index in [4.69, 9.17) is 20.1 Å². The molecule has 19 heavy (non-hydrogen) atoms. The lowest BCUT2D eigenvalue weighted by atomic mass is 9.82. The highest BCUT2D eigenvalue weighted by atomic mass is 16.5. The summed E-state index contributed by atoms with van der Waals surface area (Å²) < 4.78 is 4.95. The molecular weight excluding hydrogens is 248 g/mol. The second-order valence-electron chi connectivity index (χ2n) is 6.01. The van der Waals surface area contributed by atoms with E-state index in [1.165, 1.54) is 0 Å². The molecule has 0 saturated carbocycles. The van der Waals surface area contributed by atoms with Gasteiger partial charge in [-0.05, 0) is 19.8 Å². The molecule has 3 unspecified atom stereocenters. The van der Waals surface area contributed by atoms with E-state index in [-0.39, 0.29) is 30.7 Å². The van der Waals surface area contributed by atoms with Gasteiger partial charge in [-0.3, -0.25) is 0 Å². The van der Waals surface area contributed by atoms with Gasteiger partial charge in [0.05, 0.1) is 38.1 Å². The topological polar surface area (TPSA) is 90.2 Å². The Morgan fingerprint density at radius 2 is 1.47 bits per heavy atom. The summed E-state index contributed by atoms with van der Waals surface area (Å²) in [5, 5.41) is 35.5. The predicted molar refractivity (Wildman–Crippen MR) is 75.9 cm³/mol. The van der Waals surface area contributed by atoms with Crippen LogP contribution in [0.4, 0.5) is 0 Å². The molecular formula is C14H32O5. The Bertz CT molecular complexity index is 204. The molecule has 118 valence electrons. The van der Waals surface area contributed by atoms with Crippen LogP contribution in [-0.2, 0) is 4.74 Å². The molecule has 0 bridgehead atoms. The van der Waals surface area contributed by atoms with Gasteiger partial charge in [0.2, 0.25) is 0 Å². The summed E-state index contributed by atoms with van der Waals surface area (Å²) in [4.78, 5) is 0. The summed E-state index contributed by atoms with van der Waals surface area (Å²) in [6.07, 6.45) is -1.03. The Kier molecular flexibility index (Phi) is 11.7. The Hall–Kier alpha value is -0.200. The van der Waals surface area contributed by atoms with Crippen LogP contribution in [0.3, 0.4) is 0 Å². The number of aliphatic hydroxyl groups excluding tert-OH is 4. The SMILES string of the molecule is CC(C)C(O)C(C)(C)CO.CC(O)COC(C)CO. The van der Waals surface area contributed by atoms with Gasteiger partial charge in [0.15, 0.2) is 0 Å².